The smallest absolute Gasteiger partial charge is 0.0820 e. The Kier molecular flexibility index (Phi) is 11.4. The van der Waals surface area contributed by atoms with Crippen LogP contribution in [0.5, 0.6) is 0 Å². The molecule has 0 fully saturated rings. The summed E-state index contributed by atoms with van der Waals surface area (Å²) in [5.41, 5.74) is 1.82. The van der Waals surface area contributed by atoms with Gasteiger partial charge in [0.25, 0.3) is 0 Å². The lowest BCUT2D eigenvalue weighted by atomic mass is 10.0. The lowest BCUT2D eigenvalue weighted by Gasteiger charge is -2.29. The normalized spacial score (nSPS) is 14.4. The van der Waals surface area contributed by atoms with Gasteiger partial charge in [-0.2, -0.15) is 0 Å². The van der Waals surface area contributed by atoms with Gasteiger partial charge in [0.1, 0.15) is 0 Å². The molecular formula is C18H26ClNO. The van der Waals surface area contributed by atoms with Crippen LogP contribution in [0.2, 0.25) is 0 Å². The van der Waals surface area contributed by atoms with E-state index in [0.29, 0.717) is 5.88 Å². The van der Waals surface area contributed by atoms with Crippen molar-refractivity contribution in [2.75, 3.05) is 19.0 Å². The van der Waals surface area contributed by atoms with Crippen LogP contribution >= 0.6 is 11.6 Å². The number of hydrogen-bond donors (Lipinski definition) is 1. The average Bonchev–Trinajstić information content (AvgIpc) is 2.48. The molecule has 2 nitrogen and oxygen atoms in total. The Labute approximate surface area is 134 Å². The third-order valence-corrected chi connectivity index (χ3v) is 3.20. The zero-order chi connectivity index (χ0) is 16.1. The summed E-state index contributed by atoms with van der Waals surface area (Å²) in [6.07, 6.45) is 13.4. The van der Waals surface area contributed by atoms with E-state index in [0.717, 1.165) is 36.9 Å². The molecule has 0 radical (unpaired) electrons. The van der Waals surface area contributed by atoms with Crippen LogP contribution in [0, 0.1) is 0 Å². The summed E-state index contributed by atoms with van der Waals surface area (Å²) >= 11 is 6.18. The van der Waals surface area contributed by atoms with Crippen LogP contribution in [-0.2, 0) is 0 Å². The number of hydrogen-bond acceptors (Lipinski definition) is 2. The van der Waals surface area contributed by atoms with E-state index in [1.807, 2.05) is 43.4 Å². The minimum atomic E-state index is 0.0265. The molecule has 0 aliphatic heterocycles. The Balaban J connectivity index is 5.47. The second-order valence-corrected chi connectivity index (χ2v) is 4.95. The van der Waals surface area contributed by atoms with E-state index < -0.39 is 0 Å². The van der Waals surface area contributed by atoms with Crippen molar-refractivity contribution in [2.24, 2.45) is 0 Å². The van der Waals surface area contributed by atoms with Gasteiger partial charge in [-0.1, -0.05) is 36.5 Å². The molecule has 0 aromatic rings. The molecule has 0 aromatic heterocycles. The molecule has 0 aliphatic rings. The number of aliphatic hydroxyl groups excluding tert-OH is 1. The highest BCUT2D eigenvalue weighted by molar-refractivity contribution is 6.18. The highest BCUT2D eigenvalue weighted by Gasteiger charge is 2.18. The van der Waals surface area contributed by atoms with Crippen molar-refractivity contribution >= 4 is 11.6 Å². The molecule has 116 valence electrons. The Morgan fingerprint density at radius 3 is 2.24 bits per heavy atom. The summed E-state index contributed by atoms with van der Waals surface area (Å²) in [6, 6.07) is 0.0265. The number of rotatable bonds is 11. The van der Waals surface area contributed by atoms with Gasteiger partial charge in [-0.25, -0.2) is 0 Å². The van der Waals surface area contributed by atoms with Gasteiger partial charge in [0, 0.05) is 25.0 Å². The third-order valence-electron chi connectivity index (χ3n) is 2.91. The van der Waals surface area contributed by atoms with Crippen molar-refractivity contribution in [3.8, 4) is 0 Å². The van der Waals surface area contributed by atoms with E-state index in [4.69, 9.17) is 16.7 Å². The number of aliphatic hydroxyl groups is 1. The fourth-order valence-electron chi connectivity index (χ4n) is 1.91. The standard InChI is InChI=1S/C18H26ClNO/c1-5-8-9-10-17(13-16(4)15-21)18(14-19)20(11-6-2)12-7-3/h5-7,9-10,13,15,18,21H,1-3,8,11-12,14H2,4H3/b10-9-,16-15+,17-13+. The number of nitrogens with zero attached hydrogens (tertiary/aromatic N) is 1. The minimum absolute atomic E-state index is 0.0265. The van der Waals surface area contributed by atoms with Crippen LogP contribution in [0.4, 0.5) is 0 Å². The van der Waals surface area contributed by atoms with Gasteiger partial charge >= 0.3 is 0 Å². The SMILES string of the molecule is C=CC\C=C/C(=C\C(C)=C\O)C(CCl)N(CC=C)CC=C. The van der Waals surface area contributed by atoms with Gasteiger partial charge < -0.3 is 5.11 Å². The molecule has 0 saturated carbocycles. The van der Waals surface area contributed by atoms with E-state index in [-0.39, 0.29) is 6.04 Å². The van der Waals surface area contributed by atoms with E-state index in [1.54, 1.807) is 0 Å². The number of allylic oxidation sites excluding steroid dienone is 4. The topological polar surface area (TPSA) is 23.5 Å². The monoisotopic (exact) mass is 307 g/mol. The third kappa shape index (κ3) is 7.74. The van der Waals surface area contributed by atoms with Gasteiger partial charge in [0.05, 0.1) is 6.26 Å². The zero-order valence-electron chi connectivity index (χ0n) is 12.8. The Morgan fingerprint density at radius 1 is 1.19 bits per heavy atom. The van der Waals surface area contributed by atoms with E-state index in [2.05, 4.69) is 24.6 Å². The minimum Gasteiger partial charge on any atom is -0.515 e. The molecule has 0 amide bonds. The van der Waals surface area contributed by atoms with Crippen LogP contribution in [0.25, 0.3) is 0 Å². The molecule has 1 N–H and O–H groups in total. The van der Waals surface area contributed by atoms with E-state index in [9.17, 15) is 0 Å². The van der Waals surface area contributed by atoms with Crippen molar-refractivity contribution in [2.45, 2.75) is 19.4 Å². The predicted octanol–water partition coefficient (Wildman–Crippen LogP) is 4.79. The quantitative estimate of drug-likeness (QED) is 0.257. The highest BCUT2D eigenvalue weighted by Crippen LogP contribution is 2.17. The fourth-order valence-corrected chi connectivity index (χ4v) is 2.29. The molecule has 0 bridgehead atoms. The van der Waals surface area contributed by atoms with Crippen LogP contribution in [-0.4, -0.2) is 35.0 Å². The molecule has 1 atom stereocenters. The largest absolute Gasteiger partial charge is 0.515 e. The summed E-state index contributed by atoms with van der Waals surface area (Å²) in [4.78, 5) is 2.18. The zero-order valence-corrected chi connectivity index (χ0v) is 13.6. The molecule has 0 heterocycles. The first-order valence-corrected chi connectivity index (χ1v) is 7.49. The van der Waals surface area contributed by atoms with Gasteiger partial charge in [0.15, 0.2) is 0 Å². The van der Waals surface area contributed by atoms with Gasteiger partial charge in [-0.05, 0) is 24.5 Å². The summed E-state index contributed by atoms with van der Waals surface area (Å²) in [6.45, 7) is 14.6. The van der Waals surface area contributed by atoms with Gasteiger partial charge in [0.2, 0.25) is 0 Å². The van der Waals surface area contributed by atoms with Crippen molar-refractivity contribution < 1.29 is 5.11 Å². The second kappa shape index (κ2) is 12.2. The van der Waals surface area contributed by atoms with Crippen LogP contribution < -0.4 is 0 Å². The van der Waals surface area contributed by atoms with Crippen molar-refractivity contribution in [1.29, 1.82) is 0 Å². The molecular weight excluding hydrogens is 282 g/mol. The summed E-state index contributed by atoms with van der Waals surface area (Å²) in [5.74, 6) is 0.449. The molecule has 0 rings (SSSR count). The summed E-state index contributed by atoms with van der Waals surface area (Å²) < 4.78 is 0. The maximum absolute atomic E-state index is 9.13. The molecule has 3 heteroatoms. The van der Waals surface area contributed by atoms with Gasteiger partial charge in [-0.15, -0.1) is 31.3 Å². The van der Waals surface area contributed by atoms with E-state index >= 15 is 0 Å². The first-order valence-electron chi connectivity index (χ1n) is 6.96. The van der Waals surface area contributed by atoms with Crippen LogP contribution in [0.1, 0.15) is 13.3 Å². The van der Waals surface area contributed by atoms with E-state index in [1.165, 1.54) is 0 Å². The number of alkyl halides is 1. The fraction of sp³-hybridized carbons (Fsp3) is 0.333. The summed E-state index contributed by atoms with van der Waals surface area (Å²) in [7, 11) is 0. The summed E-state index contributed by atoms with van der Waals surface area (Å²) in [5, 5.41) is 9.13. The second-order valence-electron chi connectivity index (χ2n) is 4.65. The maximum Gasteiger partial charge on any atom is 0.0820 e. The number of halogens is 1. The first kappa shape index (κ1) is 19.5. The highest BCUT2D eigenvalue weighted by atomic mass is 35.5. The van der Waals surface area contributed by atoms with Gasteiger partial charge in [-0.3, -0.25) is 4.90 Å². The predicted molar refractivity (Wildman–Crippen MR) is 94.9 cm³/mol. The lowest BCUT2D eigenvalue weighted by Crippen LogP contribution is -2.38. The van der Waals surface area contributed by atoms with Crippen molar-refractivity contribution in [3.05, 3.63) is 73.6 Å². The Bertz CT molecular complexity index is 411. The molecule has 0 aliphatic carbocycles. The lowest BCUT2D eigenvalue weighted by molar-refractivity contribution is 0.292. The van der Waals surface area contributed by atoms with Crippen LogP contribution in [0.3, 0.4) is 0 Å². The Morgan fingerprint density at radius 2 is 1.81 bits per heavy atom. The van der Waals surface area contributed by atoms with Crippen molar-refractivity contribution in [1.82, 2.24) is 4.90 Å². The molecule has 1 unspecified atom stereocenters. The molecule has 0 saturated heterocycles. The molecule has 0 aromatic carbocycles. The average molecular weight is 308 g/mol. The van der Waals surface area contributed by atoms with Crippen LogP contribution in [0.15, 0.2) is 73.6 Å². The molecule has 21 heavy (non-hydrogen) atoms. The Hall–Kier alpha value is -1.51. The first-order chi connectivity index (χ1) is 10.1. The molecule has 0 spiro atoms. The maximum atomic E-state index is 9.13. The van der Waals surface area contributed by atoms with Crippen molar-refractivity contribution in [3.63, 3.8) is 0 Å².